The number of rotatable bonds is 7. The number of benzene rings is 1. The summed E-state index contributed by atoms with van der Waals surface area (Å²) in [5, 5.41) is 2.33. The van der Waals surface area contributed by atoms with Gasteiger partial charge >= 0.3 is 0 Å². The molecule has 0 aliphatic carbocycles. The molecule has 1 aromatic carbocycles. The molecule has 2 aliphatic rings. The van der Waals surface area contributed by atoms with Gasteiger partial charge in [-0.05, 0) is 25.5 Å². The van der Waals surface area contributed by atoms with Crippen molar-refractivity contribution in [2.75, 3.05) is 19.6 Å². The van der Waals surface area contributed by atoms with Gasteiger partial charge in [-0.2, -0.15) is 0 Å². The molecule has 3 amide bonds. The lowest BCUT2D eigenvalue weighted by molar-refractivity contribution is -0.135. The maximum absolute atomic E-state index is 13.1. The van der Waals surface area contributed by atoms with Crippen molar-refractivity contribution in [3.63, 3.8) is 0 Å². The molecule has 0 spiro atoms. The van der Waals surface area contributed by atoms with Crippen LogP contribution in [0.1, 0.15) is 54.7 Å². The SMILES string of the molecule is CCCN(CCCN)C1c2ccccc2C(=O)N1C1CC(=O)NC(=O)C1. The van der Waals surface area contributed by atoms with Crippen LogP contribution in [0.2, 0.25) is 0 Å². The second-order valence-electron chi connectivity index (χ2n) is 6.88. The summed E-state index contributed by atoms with van der Waals surface area (Å²) < 4.78 is 0. The highest BCUT2D eigenvalue weighted by molar-refractivity contribution is 6.02. The number of fused-ring (bicyclic) bond motifs is 1. The number of imide groups is 1. The minimum Gasteiger partial charge on any atom is -0.330 e. The van der Waals surface area contributed by atoms with E-state index in [1.807, 2.05) is 24.3 Å². The third kappa shape index (κ3) is 3.50. The van der Waals surface area contributed by atoms with E-state index in [0.717, 1.165) is 31.5 Å². The molecular weight excluding hydrogens is 332 g/mol. The first-order valence-corrected chi connectivity index (χ1v) is 9.25. The Morgan fingerprint density at radius 1 is 1.15 bits per heavy atom. The predicted octanol–water partition coefficient (Wildman–Crippen LogP) is 1.01. The van der Waals surface area contributed by atoms with Crippen LogP contribution >= 0.6 is 0 Å². The summed E-state index contributed by atoms with van der Waals surface area (Å²) in [5.41, 5.74) is 7.31. The first-order valence-electron chi connectivity index (χ1n) is 9.25. The number of hydrogen-bond donors (Lipinski definition) is 2. The van der Waals surface area contributed by atoms with Crippen LogP contribution in [-0.2, 0) is 9.59 Å². The zero-order chi connectivity index (χ0) is 18.7. The lowest BCUT2D eigenvalue weighted by Gasteiger charge is -2.40. The van der Waals surface area contributed by atoms with Crippen LogP contribution < -0.4 is 11.1 Å². The molecule has 1 saturated heterocycles. The number of carbonyl (C=O) groups excluding carboxylic acids is 3. The van der Waals surface area contributed by atoms with Crippen molar-refractivity contribution in [2.24, 2.45) is 5.73 Å². The summed E-state index contributed by atoms with van der Waals surface area (Å²) in [6.07, 6.45) is 1.81. The molecule has 0 aromatic heterocycles. The Kier molecular flexibility index (Phi) is 5.68. The highest BCUT2D eigenvalue weighted by Gasteiger charge is 2.45. The second-order valence-corrected chi connectivity index (χ2v) is 6.88. The molecule has 7 nitrogen and oxygen atoms in total. The van der Waals surface area contributed by atoms with Crippen molar-refractivity contribution in [2.45, 2.75) is 44.8 Å². The first kappa shape index (κ1) is 18.5. The molecule has 3 N–H and O–H groups in total. The second kappa shape index (κ2) is 7.97. The number of nitrogens with two attached hydrogens (primary N) is 1. The predicted molar refractivity (Wildman–Crippen MR) is 97.1 cm³/mol. The van der Waals surface area contributed by atoms with Crippen molar-refractivity contribution >= 4 is 17.7 Å². The van der Waals surface area contributed by atoms with Gasteiger partial charge in [0.2, 0.25) is 11.8 Å². The fourth-order valence-corrected chi connectivity index (χ4v) is 3.95. The van der Waals surface area contributed by atoms with Gasteiger partial charge in [0.15, 0.2) is 0 Å². The molecule has 7 heteroatoms. The molecule has 1 atom stereocenters. The fraction of sp³-hybridized carbons (Fsp3) is 0.526. The smallest absolute Gasteiger partial charge is 0.256 e. The Morgan fingerprint density at radius 2 is 1.85 bits per heavy atom. The first-order chi connectivity index (χ1) is 12.6. The van der Waals surface area contributed by atoms with E-state index in [0.29, 0.717) is 12.1 Å². The summed E-state index contributed by atoms with van der Waals surface area (Å²) in [4.78, 5) is 40.9. The standard InChI is InChI=1S/C19H26N4O3/c1-2-9-22(10-5-8-20)18-14-6-3-4-7-15(14)19(26)23(18)13-11-16(24)21-17(25)12-13/h3-4,6-7,13,18H,2,5,8-12,20H2,1H3,(H,21,24,25). The molecule has 1 fully saturated rings. The van der Waals surface area contributed by atoms with Crippen LogP contribution in [0.15, 0.2) is 24.3 Å². The van der Waals surface area contributed by atoms with E-state index < -0.39 is 6.04 Å². The molecular formula is C19H26N4O3. The van der Waals surface area contributed by atoms with E-state index in [2.05, 4.69) is 17.1 Å². The third-order valence-corrected chi connectivity index (χ3v) is 4.99. The van der Waals surface area contributed by atoms with Gasteiger partial charge in [0.25, 0.3) is 5.91 Å². The quantitative estimate of drug-likeness (QED) is 0.709. The number of hydrogen-bond acceptors (Lipinski definition) is 5. The number of piperidine rings is 1. The van der Waals surface area contributed by atoms with Crippen LogP contribution in [-0.4, -0.2) is 53.2 Å². The maximum atomic E-state index is 13.1. The number of nitrogens with one attached hydrogen (secondary N) is 1. The Morgan fingerprint density at radius 3 is 2.50 bits per heavy atom. The highest BCUT2D eigenvalue weighted by Crippen LogP contribution is 2.39. The lowest BCUT2D eigenvalue weighted by Crippen LogP contribution is -2.52. The minimum atomic E-state index is -0.418. The Bertz CT molecular complexity index is 690. The van der Waals surface area contributed by atoms with Gasteiger partial charge in [-0.3, -0.25) is 24.6 Å². The van der Waals surface area contributed by atoms with Gasteiger partial charge < -0.3 is 10.6 Å². The fourth-order valence-electron chi connectivity index (χ4n) is 3.95. The Hall–Kier alpha value is -2.25. The topological polar surface area (TPSA) is 95.7 Å². The summed E-state index contributed by atoms with van der Waals surface area (Å²) in [6, 6.07) is 7.14. The van der Waals surface area contributed by atoms with Gasteiger partial charge in [0.1, 0.15) is 6.17 Å². The van der Waals surface area contributed by atoms with Crippen molar-refractivity contribution < 1.29 is 14.4 Å². The average Bonchev–Trinajstić information content (AvgIpc) is 2.91. The van der Waals surface area contributed by atoms with E-state index in [1.54, 1.807) is 4.90 Å². The molecule has 0 saturated carbocycles. The average molecular weight is 358 g/mol. The highest BCUT2D eigenvalue weighted by atomic mass is 16.2. The minimum absolute atomic E-state index is 0.105. The van der Waals surface area contributed by atoms with Gasteiger partial charge in [-0.1, -0.05) is 25.1 Å². The van der Waals surface area contributed by atoms with Crippen molar-refractivity contribution in [1.29, 1.82) is 0 Å². The summed E-state index contributed by atoms with van der Waals surface area (Å²) in [7, 11) is 0. The van der Waals surface area contributed by atoms with E-state index >= 15 is 0 Å². The number of nitrogens with zero attached hydrogens (tertiary/aromatic N) is 2. The van der Waals surface area contributed by atoms with Crippen molar-refractivity contribution in [3.05, 3.63) is 35.4 Å². The summed E-state index contributed by atoms with van der Waals surface area (Å²) >= 11 is 0. The zero-order valence-electron chi connectivity index (χ0n) is 15.1. The van der Waals surface area contributed by atoms with Crippen molar-refractivity contribution in [3.8, 4) is 0 Å². The molecule has 3 rings (SSSR count). The lowest BCUT2D eigenvalue weighted by atomic mass is 10.0. The number of carbonyl (C=O) groups is 3. The van der Waals surface area contributed by atoms with Gasteiger partial charge in [-0.15, -0.1) is 0 Å². The normalized spacial score (nSPS) is 20.7. The monoisotopic (exact) mass is 358 g/mol. The summed E-state index contributed by atoms with van der Waals surface area (Å²) in [6.45, 7) is 4.25. The molecule has 26 heavy (non-hydrogen) atoms. The molecule has 140 valence electrons. The maximum Gasteiger partial charge on any atom is 0.256 e. The van der Waals surface area contributed by atoms with Gasteiger partial charge in [0.05, 0.1) is 6.04 Å². The Balaban J connectivity index is 1.98. The van der Waals surface area contributed by atoms with Crippen LogP contribution in [0, 0.1) is 0 Å². The largest absolute Gasteiger partial charge is 0.330 e. The van der Waals surface area contributed by atoms with Crippen LogP contribution in [0.3, 0.4) is 0 Å². The van der Waals surface area contributed by atoms with Crippen LogP contribution in [0.4, 0.5) is 0 Å². The van der Waals surface area contributed by atoms with Gasteiger partial charge in [0, 0.05) is 37.1 Å². The van der Waals surface area contributed by atoms with E-state index in [-0.39, 0.29) is 36.7 Å². The molecule has 2 heterocycles. The van der Waals surface area contributed by atoms with Gasteiger partial charge in [-0.25, -0.2) is 0 Å². The van der Waals surface area contributed by atoms with Crippen LogP contribution in [0.25, 0.3) is 0 Å². The molecule has 2 aliphatic heterocycles. The molecule has 1 unspecified atom stereocenters. The summed E-state index contributed by atoms with van der Waals surface area (Å²) in [5.74, 6) is -0.748. The zero-order valence-corrected chi connectivity index (χ0v) is 15.1. The molecule has 1 aromatic rings. The molecule has 0 bridgehead atoms. The number of amides is 3. The van der Waals surface area contributed by atoms with Crippen LogP contribution in [0.5, 0.6) is 0 Å². The Labute approximate surface area is 153 Å². The van der Waals surface area contributed by atoms with E-state index in [4.69, 9.17) is 5.73 Å². The molecule has 0 radical (unpaired) electrons. The van der Waals surface area contributed by atoms with E-state index in [9.17, 15) is 14.4 Å². The third-order valence-electron chi connectivity index (χ3n) is 4.99. The van der Waals surface area contributed by atoms with E-state index in [1.165, 1.54) is 0 Å². The van der Waals surface area contributed by atoms with Crippen molar-refractivity contribution in [1.82, 2.24) is 15.1 Å².